The van der Waals surface area contributed by atoms with Gasteiger partial charge in [0, 0.05) is 19.7 Å². The van der Waals surface area contributed by atoms with E-state index in [1.165, 1.54) is 6.42 Å². The maximum absolute atomic E-state index is 5.40. The van der Waals surface area contributed by atoms with Crippen molar-refractivity contribution < 1.29 is 14.2 Å². The van der Waals surface area contributed by atoms with E-state index in [2.05, 4.69) is 18.8 Å². The molecule has 0 saturated heterocycles. The SMILES string of the molecule is C=C(C)CNCCOCCOCCOCCCC. The van der Waals surface area contributed by atoms with E-state index < -0.39 is 0 Å². The summed E-state index contributed by atoms with van der Waals surface area (Å²) in [6, 6.07) is 0. The van der Waals surface area contributed by atoms with E-state index in [4.69, 9.17) is 14.2 Å². The minimum absolute atomic E-state index is 0.637. The Morgan fingerprint density at radius 2 is 1.50 bits per heavy atom. The Balaban J connectivity index is 2.92. The zero-order chi connectivity index (χ0) is 13.5. The number of unbranched alkanes of at least 4 members (excludes halogenated alkanes) is 1. The lowest BCUT2D eigenvalue weighted by Crippen LogP contribution is -2.22. The van der Waals surface area contributed by atoms with Crippen molar-refractivity contribution in [3.05, 3.63) is 12.2 Å². The van der Waals surface area contributed by atoms with Crippen LogP contribution in [0.2, 0.25) is 0 Å². The predicted molar refractivity (Wildman–Crippen MR) is 75.0 cm³/mol. The topological polar surface area (TPSA) is 39.7 Å². The lowest BCUT2D eigenvalue weighted by atomic mass is 10.3. The highest BCUT2D eigenvalue weighted by Crippen LogP contribution is 1.88. The van der Waals surface area contributed by atoms with Crippen LogP contribution < -0.4 is 5.32 Å². The van der Waals surface area contributed by atoms with Gasteiger partial charge in [-0.2, -0.15) is 0 Å². The highest BCUT2D eigenvalue weighted by Gasteiger charge is 1.92. The molecule has 0 spiro atoms. The summed E-state index contributed by atoms with van der Waals surface area (Å²) >= 11 is 0. The third-order valence-corrected chi connectivity index (χ3v) is 2.24. The molecule has 108 valence electrons. The quantitative estimate of drug-likeness (QED) is 0.382. The monoisotopic (exact) mass is 259 g/mol. The second-order valence-corrected chi connectivity index (χ2v) is 4.32. The zero-order valence-corrected chi connectivity index (χ0v) is 12.0. The average molecular weight is 259 g/mol. The standard InChI is InChI=1S/C14H29NO3/c1-4-5-7-16-9-11-18-12-10-17-8-6-15-13-14(2)3/h15H,2,4-13H2,1,3H3. The summed E-state index contributed by atoms with van der Waals surface area (Å²) in [7, 11) is 0. The molecular weight excluding hydrogens is 230 g/mol. The second-order valence-electron chi connectivity index (χ2n) is 4.32. The molecule has 4 heteroatoms. The second kappa shape index (κ2) is 14.6. The molecule has 0 rings (SSSR count). The molecule has 0 amide bonds. The van der Waals surface area contributed by atoms with Crippen LogP contribution in [0, 0.1) is 0 Å². The zero-order valence-electron chi connectivity index (χ0n) is 12.0. The molecule has 0 aliphatic rings. The molecule has 0 aromatic rings. The van der Waals surface area contributed by atoms with Crippen LogP contribution in [0.15, 0.2) is 12.2 Å². The van der Waals surface area contributed by atoms with Gasteiger partial charge in [0.2, 0.25) is 0 Å². The number of rotatable bonds is 14. The Bertz CT molecular complexity index is 186. The van der Waals surface area contributed by atoms with Gasteiger partial charge in [-0.3, -0.25) is 0 Å². The van der Waals surface area contributed by atoms with Crippen molar-refractivity contribution in [1.82, 2.24) is 5.32 Å². The van der Waals surface area contributed by atoms with Crippen LogP contribution in [0.5, 0.6) is 0 Å². The van der Waals surface area contributed by atoms with Crippen LogP contribution in [0.3, 0.4) is 0 Å². The summed E-state index contributed by atoms with van der Waals surface area (Å²) in [6.45, 7) is 13.8. The van der Waals surface area contributed by atoms with Crippen molar-refractivity contribution >= 4 is 0 Å². The van der Waals surface area contributed by atoms with Gasteiger partial charge in [0.1, 0.15) is 0 Å². The smallest absolute Gasteiger partial charge is 0.0701 e. The van der Waals surface area contributed by atoms with E-state index in [-0.39, 0.29) is 0 Å². The van der Waals surface area contributed by atoms with E-state index in [9.17, 15) is 0 Å². The van der Waals surface area contributed by atoms with Crippen molar-refractivity contribution in [3.8, 4) is 0 Å². The van der Waals surface area contributed by atoms with Crippen molar-refractivity contribution in [2.24, 2.45) is 0 Å². The Kier molecular flexibility index (Phi) is 14.3. The van der Waals surface area contributed by atoms with Crippen LogP contribution in [-0.2, 0) is 14.2 Å². The molecule has 4 nitrogen and oxygen atoms in total. The van der Waals surface area contributed by atoms with E-state index in [1.54, 1.807) is 0 Å². The van der Waals surface area contributed by atoms with Crippen LogP contribution in [0.4, 0.5) is 0 Å². The molecule has 0 saturated carbocycles. The van der Waals surface area contributed by atoms with E-state index >= 15 is 0 Å². The highest BCUT2D eigenvalue weighted by atomic mass is 16.5. The fourth-order valence-corrected chi connectivity index (χ4v) is 1.23. The summed E-state index contributed by atoms with van der Waals surface area (Å²) < 4.78 is 16.1. The summed E-state index contributed by atoms with van der Waals surface area (Å²) in [4.78, 5) is 0. The normalized spacial score (nSPS) is 10.8. The van der Waals surface area contributed by atoms with Gasteiger partial charge >= 0.3 is 0 Å². The van der Waals surface area contributed by atoms with Crippen LogP contribution >= 0.6 is 0 Å². The molecule has 0 heterocycles. The number of nitrogens with one attached hydrogen (secondary N) is 1. The summed E-state index contributed by atoms with van der Waals surface area (Å²) in [5.41, 5.74) is 1.14. The van der Waals surface area contributed by atoms with Gasteiger partial charge in [0.05, 0.1) is 33.0 Å². The first-order valence-electron chi connectivity index (χ1n) is 6.85. The third-order valence-electron chi connectivity index (χ3n) is 2.24. The van der Waals surface area contributed by atoms with Gasteiger partial charge in [-0.15, -0.1) is 0 Å². The fourth-order valence-electron chi connectivity index (χ4n) is 1.23. The van der Waals surface area contributed by atoms with Crippen LogP contribution in [0.25, 0.3) is 0 Å². The van der Waals surface area contributed by atoms with Crippen LogP contribution in [-0.4, -0.2) is 52.7 Å². The summed E-state index contributed by atoms with van der Waals surface area (Å²) in [5, 5.41) is 3.23. The Morgan fingerprint density at radius 3 is 2.06 bits per heavy atom. The summed E-state index contributed by atoms with van der Waals surface area (Å²) in [6.07, 6.45) is 2.30. The van der Waals surface area contributed by atoms with Gasteiger partial charge in [-0.25, -0.2) is 0 Å². The molecular formula is C14H29NO3. The van der Waals surface area contributed by atoms with Crippen molar-refractivity contribution in [2.75, 3.05) is 52.7 Å². The van der Waals surface area contributed by atoms with Gasteiger partial charge < -0.3 is 19.5 Å². The van der Waals surface area contributed by atoms with Gasteiger partial charge in [0.15, 0.2) is 0 Å². The van der Waals surface area contributed by atoms with Crippen molar-refractivity contribution in [2.45, 2.75) is 26.7 Å². The minimum Gasteiger partial charge on any atom is -0.379 e. The number of ether oxygens (including phenoxy) is 3. The highest BCUT2D eigenvalue weighted by molar-refractivity contribution is 4.90. The fraction of sp³-hybridized carbons (Fsp3) is 0.857. The molecule has 1 N–H and O–H groups in total. The Labute approximate surface area is 112 Å². The minimum atomic E-state index is 0.637. The number of hydrogen-bond donors (Lipinski definition) is 1. The molecule has 0 unspecified atom stereocenters. The average Bonchev–Trinajstić information content (AvgIpc) is 2.34. The Hall–Kier alpha value is -0.420. The molecule has 0 fully saturated rings. The molecule has 0 aliphatic carbocycles. The molecule has 18 heavy (non-hydrogen) atoms. The van der Waals surface area contributed by atoms with E-state index in [1.807, 2.05) is 6.92 Å². The molecule has 0 aromatic heterocycles. The van der Waals surface area contributed by atoms with Gasteiger partial charge in [0.25, 0.3) is 0 Å². The Morgan fingerprint density at radius 1 is 0.944 bits per heavy atom. The first kappa shape index (κ1) is 17.6. The largest absolute Gasteiger partial charge is 0.379 e. The maximum Gasteiger partial charge on any atom is 0.0701 e. The maximum atomic E-state index is 5.40. The first-order valence-corrected chi connectivity index (χ1v) is 6.85. The summed E-state index contributed by atoms with van der Waals surface area (Å²) in [5.74, 6) is 0. The third kappa shape index (κ3) is 15.6. The van der Waals surface area contributed by atoms with Gasteiger partial charge in [-0.05, 0) is 13.3 Å². The molecule has 0 atom stereocenters. The van der Waals surface area contributed by atoms with E-state index in [0.29, 0.717) is 33.0 Å². The predicted octanol–water partition coefficient (Wildman–Crippen LogP) is 2.00. The van der Waals surface area contributed by atoms with Crippen molar-refractivity contribution in [3.63, 3.8) is 0 Å². The lowest BCUT2D eigenvalue weighted by molar-refractivity contribution is 0.0147. The lowest BCUT2D eigenvalue weighted by Gasteiger charge is -2.07. The molecule has 0 aliphatic heterocycles. The van der Waals surface area contributed by atoms with Gasteiger partial charge in [-0.1, -0.05) is 25.5 Å². The molecule has 0 aromatic carbocycles. The first-order chi connectivity index (χ1) is 8.77. The molecule has 0 radical (unpaired) electrons. The molecule has 0 bridgehead atoms. The number of hydrogen-bond acceptors (Lipinski definition) is 4. The van der Waals surface area contributed by atoms with E-state index in [0.717, 1.165) is 31.7 Å². The van der Waals surface area contributed by atoms with Crippen molar-refractivity contribution in [1.29, 1.82) is 0 Å². The van der Waals surface area contributed by atoms with Crippen LogP contribution in [0.1, 0.15) is 26.7 Å².